The summed E-state index contributed by atoms with van der Waals surface area (Å²) in [6.45, 7) is 11.7. The van der Waals surface area contributed by atoms with Gasteiger partial charge < -0.3 is 14.9 Å². The number of fused-ring (bicyclic) bond motifs is 2. The summed E-state index contributed by atoms with van der Waals surface area (Å²) in [5.74, 6) is 0. The van der Waals surface area contributed by atoms with E-state index in [9.17, 15) is 0 Å². The molecule has 0 atom stereocenters. The molecule has 0 N–H and O–H groups in total. The molecule has 0 spiro atoms. The molecule has 0 unspecified atom stereocenters. The summed E-state index contributed by atoms with van der Waals surface area (Å²) in [7, 11) is 0. The molecule has 4 rings (SSSR count). The van der Waals surface area contributed by atoms with Crippen molar-refractivity contribution >= 4 is 53.2 Å². The summed E-state index contributed by atoms with van der Waals surface area (Å²) in [5.41, 5.74) is 5.48. The molecule has 152 valence electrons. The summed E-state index contributed by atoms with van der Waals surface area (Å²) in [6.07, 6.45) is 0. The number of hydrogen-bond acceptors (Lipinski definition) is 0. The Morgan fingerprint density at radius 2 is 0.857 bits per heavy atom. The van der Waals surface area contributed by atoms with Gasteiger partial charge in [-0.2, -0.15) is 24.3 Å². The van der Waals surface area contributed by atoms with Crippen molar-refractivity contribution in [2.75, 3.05) is 0 Å². The van der Waals surface area contributed by atoms with Crippen LogP contribution in [0.25, 0.3) is 21.5 Å². The standard InChI is InChI=1S/2C11H11.2CH3.2ClH.Si.Zr/c2*1-8-6-7-9(2)11-5-3-4-10(8)11;;;;;;/h2*3-7H,1-2H3;2*1H3;2*1H;;/q4*-1;;;;. The van der Waals surface area contributed by atoms with Gasteiger partial charge in [0.2, 0.25) is 0 Å². The van der Waals surface area contributed by atoms with E-state index in [-0.39, 0.29) is 39.7 Å². The Balaban J connectivity index is -0.000000363. The van der Waals surface area contributed by atoms with E-state index in [2.05, 4.69) is 95.2 Å². The summed E-state index contributed by atoms with van der Waals surface area (Å²) in [6, 6.07) is 21.7. The second kappa shape index (κ2) is 15.2. The molecular formula is C24H30Cl2SiZr-4. The average molecular weight is 509 g/mol. The summed E-state index contributed by atoms with van der Waals surface area (Å²) in [5, 5.41) is 5.57. The van der Waals surface area contributed by atoms with Gasteiger partial charge in [0.05, 0.1) is 0 Å². The molecule has 4 aromatic carbocycles. The van der Waals surface area contributed by atoms with Crippen molar-refractivity contribution < 1.29 is 23.3 Å². The van der Waals surface area contributed by atoms with Gasteiger partial charge in [-0.3, -0.25) is 0 Å². The van der Waals surface area contributed by atoms with E-state index in [4.69, 9.17) is 0 Å². The molecule has 0 heterocycles. The Labute approximate surface area is 200 Å². The second-order valence-corrected chi connectivity index (χ2v) is 6.10. The van der Waals surface area contributed by atoms with Crippen LogP contribution < -0.4 is 0 Å². The van der Waals surface area contributed by atoms with E-state index in [1.165, 1.54) is 67.1 Å². The fourth-order valence-electron chi connectivity index (χ4n) is 3.07. The van der Waals surface area contributed by atoms with Gasteiger partial charge in [-0.05, 0) is 13.8 Å². The van der Waals surface area contributed by atoms with E-state index in [0.29, 0.717) is 0 Å². The molecule has 4 aromatic rings. The number of benzene rings is 2. The Kier molecular flexibility index (Phi) is 17.4. The maximum atomic E-state index is 3.06. The molecule has 0 amide bonds. The first-order chi connectivity index (χ1) is 11.6. The van der Waals surface area contributed by atoms with Gasteiger partial charge in [0, 0.05) is 0 Å². The van der Waals surface area contributed by atoms with Crippen LogP contribution in [0, 0.1) is 42.5 Å². The average Bonchev–Trinajstić information content (AvgIpc) is 3.27. The van der Waals surface area contributed by atoms with Crippen molar-refractivity contribution in [2.45, 2.75) is 27.7 Å². The van der Waals surface area contributed by atoms with Crippen molar-refractivity contribution in [1.29, 1.82) is 0 Å². The van der Waals surface area contributed by atoms with Crippen LogP contribution >= 0.6 is 24.8 Å². The van der Waals surface area contributed by atoms with Gasteiger partial charge in [0.1, 0.15) is 0 Å². The minimum atomic E-state index is 0. The Morgan fingerprint density at radius 3 is 1.14 bits per heavy atom. The zero-order chi connectivity index (χ0) is 17.7. The number of aryl methyl sites for hydroxylation is 4. The van der Waals surface area contributed by atoms with E-state index in [0.717, 1.165) is 0 Å². The molecule has 28 heavy (non-hydrogen) atoms. The summed E-state index contributed by atoms with van der Waals surface area (Å²) >= 11 is 1.36. The molecule has 0 nitrogen and oxygen atoms in total. The molecule has 2 radical (unpaired) electrons. The third-order valence-corrected chi connectivity index (χ3v) is 4.50. The van der Waals surface area contributed by atoms with Crippen LogP contribution in [0.3, 0.4) is 0 Å². The molecule has 4 heteroatoms. The van der Waals surface area contributed by atoms with Crippen molar-refractivity contribution in [1.82, 2.24) is 0 Å². The fraction of sp³-hybridized carbons (Fsp3) is 0.167. The van der Waals surface area contributed by atoms with Gasteiger partial charge in [-0.25, -0.2) is 0 Å². The zero-order valence-electron chi connectivity index (χ0n) is 17.6. The molecule has 0 aliphatic rings. The first kappa shape index (κ1) is 32.0. The van der Waals surface area contributed by atoms with Crippen molar-refractivity contribution in [3.05, 3.63) is 97.8 Å². The van der Waals surface area contributed by atoms with Crippen LogP contribution in [-0.2, 0) is 23.3 Å². The molecule has 0 saturated heterocycles. The molecule has 0 fully saturated rings. The number of rotatable bonds is 0. The predicted octanol–water partition coefficient (Wildman–Crippen LogP) is 7.71. The third-order valence-electron chi connectivity index (χ3n) is 4.50. The molecular weight excluding hydrogens is 478 g/mol. The van der Waals surface area contributed by atoms with Gasteiger partial charge in [-0.15, -0.1) is 81.8 Å². The first-order valence-electron chi connectivity index (χ1n) is 8.06. The van der Waals surface area contributed by atoms with Gasteiger partial charge >= 0.3 is 30.2 Å². The van der Waals surface area contributed by atoms with Crippen LogP contribution in [-0.4, -0.2) is 6.88 Å². The van der Waals surface area contributed by atoms with E-state index < -0.39 is 0 Å². The second-order valence-electron chi connectivity index (χ2n) is 6.10. The van der Waals surface area contributed by atoms with Crippen LogP contribution in [0.2, 0.25) is 0 Å². The van der Waals surface area contributed by atoms with Gasteiger partial charge in [-0.1, -0.05) is 37.1 Å². The fourth-order valence-corrected chi connectivity index (χ4v) is 3.07. The first-order valence-corrected chi connectivity index (χ1v) is 12.2. The zero-order valence-corrected chi connectivity index (χ0v) is 22.7. The van der Waals surface area contributed by atoms with E-state index >= 15 is 0 Å². The van der Waals surface area contributed by atoms with E-state index in [1.807, 2.05) is 0 Å². The van der Waals surface area contributed by atoms with Crippen molar-refractivity contribution in [3.8, 4) is 0 Å². The summed E-state index contributed by atoms with van der Waals surface area (Å²) < 4.78 is 0. The van der Waals surface area contributed by atoms with Crippen LogP contribution in [0.4, 0.5) is 0 Å². The van der Waals surface area contributed by atoms with Crippen LogP contribution in [0.5, 0.6) is 0 Å². The normalized spacial score (nSPS) is 8.54. The van der Waals surface area contributed by atoms with Crippen LogP contribution in [0.1, 0.15) is 22.3 Å². The van der Waals surface area contributed by atoms with Crippen molar-refractivity contribution in [2.24, 2.45) is 0 Å². The number of halogens is 2. The van der Waals surface area contributed by atoms with Crippen LogP contribution in [0.15, 0.2) is 60.7 Å². The van der Waals surface area contributed by atoms with E-state index in [1.54, 1.807) is 0 Å². The topological polar surface area (TPSA) is 0 Å². The molecule has 0 bridgehead atoms. The number of hydrogen-bond donors (Lipinski definition) is 0. The van der Waals surface area contributed by atoms with Gasteiger partial charge in [0.25, 0.3) is 0 Å². The SMILES string of the molecule is Cc1ccc(C)c2[cH-]ccc12.Cc1ccc(C)c2[cH-]ccc12.Cl.Cl.[CH3-].[CH3-].[Si]=[Zr]. The van der Waals surface area contributed by atoms with Gasteiger partial charge in [0.15, 0.2) is 0 Å². The Morgan fingerprint density at radius 1 is 0.571 bits per heavy atom. The summed E-state index contributed by atoms with van der Waals surface area (Å²) in [4.78, 5) is 0. The molecule has 0 aliphatic carbocycles. The molecule has 0 aliphatic heterocycles. The quantitative estimate of drug-likeness (QED) is 0.169. The predicted molar refractivity (Wildman–Crippen MR) is 131 cm³/mol. The molecule has 0 aromatic heterocycles. The monoisotopic (exact) mass is 506 g/mol. The van der Waals surface area contributed by atoms with Crippen molar-refractivity contribution in [3.63, 3.8) is 0 Å². The minimum absolute atomic E-state index is 0. The Bertz CT molecular complexity index is 804. The maximum absolute atomic E-state index is 3.06. The third kappa shape index (κ3) is 7.30. The molecule has 0 saturated carbocycles. The Hall–Kier alpha value is -0.660.